The van der Waals surface area contributed by atoms with Gasteiger partial charge in [-0.1, -0.05) is 31.5 Å². The molecule has 2 aromatic rings. The molecule has 0 bridgehead atoms. The molecule has 1 aromatic carbocycles. The maximum absolute atomic E-state index is 12.9. The molecule has 0 saturated carbocycles. The first-order chi connectivity index (χ1) is 13.5. The van der Waals surface area contributed by atoms with Gasteiger partial charge in [0, 0.05) is 10.4 Å². The summed E-state index contributed by atoms with van der Waals surface area (Å²) in [5.41, 5.74) is 2.16. The average Bonchev–Trinajstić information content (AvgIpc) is 3.24. The molecule has 7 nitrogen and oxygen atoms in total. The van der Waals surface area contributed by atoms with Crippen LogP contribution in [0.25, 0.3) is 0 Å². The van der Waals surface area contributed by atoms with Crippen molar-refractivity contribution >= 4 is 34.3 Å². The lowest BCUT2D eigenvalue weighted by atomic mass is 9.89. The summed E-state index contributed by atoms with van der Waals surface area (Å²) in [4.78, 5) is 43.5. The Morgan fingerprint density at radius 3 is 2.93 bits per heavy atom. The summed E-state index contributed by atoms with van der Waals surface area (Å²) in [5, 5.41) is 6.00. The highest BCUT2D eigenvalue weighted by Crippen LogP contribution is 2.33. The van der Waals surface area contributed by atoms with E-state index in [2.05, 4.69) is 22.5 Å². The van der Waals surface area contributed by atoms with Gasteiger partial charge < -0.3 is 5.32 Å². The number of hydrogen-bond donors (Lipinski definition) is 2. The van der Waals surface area contributed by atoms with Crippen LogP contribution in [-0.2, 0) is 24.2 Å². The van der Waals surface area contributed by atoms with Crippen molar-refractivity contribution in [1.82, 2.24) is 15.2 Å². The number of urea groups is 1. The molecule has 0 spiro atoms. The molecule has 2 N–H and O–H groups in total. The molecule has 4 rings (SSSR count). The highest BCUT2D eigenvalue weighted by atomic mass is 32.1. The van der Waals surface area contributed by atoms with Crippen molar-refractivity contribution < 1.29 is 14.4 Å². The van der Waals surface area contributed by atoms with Crippen LogP contribution in [0.15, 0.2) is 24.3 Å². The van der Waals surface area contributed by atoms with E-state index < -0.39 is 6.03 Å². The van der Waals surface area contributed by atoms with Crippen LogP contribution in [-0.4, -0.2) is 34.3 Å². The molecule has 1 fully saturated rings. The second-order valence-electron chi connectivity index (χ2n) is 7.16. The molecule has 1 atom stereocenters. The lowest BCUT2D eigenvalue weighted by molar-refractivity contribution is -0.125. The fourth-order valence-corrected chi connectivity index (χ4v) is 4.79. The molecule has 1 aliphatic heterocycles. The minimum Gasteiger partial charge on any atom is -0.329 e. The van der Waals surface area contributed by atoms with Crippen molar-refractivity contribution in [3.8, 4) is 0 Å². The van der Waals surface area contributed by atoms with Crippen LogP contribution in [0.4, 0.5) is 9.93 Å². The standard InChI is InChI=1S/C20H22N4O3S/c1-2-12-7-8-15-16(9-12)28-19(22-15)23-18(26)14-6-4-3-5-13(14)11-24-17(25)10-21-20(24)27/h3-6,12H,2,7-11H2,1H3,(H,21,27)(H,22,23,26)/t12-/m0/s1. The van der Waals surface area contributed by atoms with Gasteiger partial charge in [-0.3, -0.25) is 19.8 Å². The second kappa shape index (κ2) is 7.71. The number of anilines is 1. The maximum atomic E-state index is 12.9. The van der Waals surface area contributed by atoms with Crippen LogP contribution in [0.3, 0.4) is 0 Å². The van der Waals surface area contributed by atoms with Crippen LogP contribution in [0.2, 0.25) is 0 Å². The minimum atomic E-state index is -0.432. The first-order valence-corrected chi connectivity index (χ1v) is 10.3. The number of fused-ring (bicyclic) bond motifs is 1. The van der Waals surface area contributed by atoms with Crippen LogP contribution >= 0.6 is 11.3 Å². The number of benzene rings is 1. The summed E-state index contributed by atoms with van der Waals surface area (Å²) in [6.07, 6.45) is 4.30. The normalized spacial score (nSPS) is 18.8. The van der Waals surface area contributed by atoms with E-state index in [-0.39, 0.29) is 24.9 Å². The Morgan fingerprint density at radius 1 is 1.36 bits per heavy atom. The Labute approximate surface area is 167 Å². The van der Waals surface area contributed by atoms with Gasteiger partial charge >= 0.3 is 6.03 Å². The second-order valence-corrected chi connectivity index (χ2v) is 8.24. The number of aromatic nitrogens is 1. The molecule has 1 saturated heterocycles. The van der Waals surface area contributed by atoms with E-state index in [1.54, 1.807) is 35.6 Å². The van der Waals surface area contributed by atoms with Crippen LogP contribution in [0, 0.1) is 5.92 Å². The van der Waals surface area contributed by atoms with E-state index in [9.17, 15) is 14.4 Å². The van der Waals surface area contributed by atoms with Crippen LogP contribution in [0.1, 0.15) is 46.3 Å². The molecule has 146 valence electrons. The third-order valence-corrected chi connectivity index (χ3v) is 6.40. The molecule has 2 aliphatic rings. The maximum Gasteiger partial charge on any atom is 0.324 e. The highest BCUT2D eigenvalue weighted by Gasteiger charge is 2.29. The SMILES string of the molecule is CC[C@H]1CCc2nc(NC(=O)c3ccccc3CN3C(=O)CNC3=O)sc2C1. The number of rotatable bonds is 5. The molecule has 1 aliphatic carbocycles. The smallest absolute Gasteiger partial charge is 0.324 e. The van der Waals surface area contributed by atoms with Gasteiger partial charge in [0.25, 0.3) is 5.91 Å². The zero-order chi connectivity index (χ0) is 19.7. The number of carbonyl (C=O) groups is 3. The summed E-state index contributed by atoms with van der Waals surface area (Å²) >= 11 is 1.55. The Hall–Kier alpha value is -2.74. The van der Waals surface area contributed by atoms with Gasteiger partial charge in [0.05, 0.1) is 18.8 Å². The number of carbonyl (C=O) groups excluding carboxylic acids is 3. The summed E-state index contributed by atoms with van der Waals surface area (Å²) < 4.78 is 0. The number of nitrogens with one attached hydrogen (secondary N) is 2. The van der Waals surface area contributed by atoms with E-state index >= 15 is 0 Å². The van der Waals surface area contributed by atoms with Crippen LogP contribution < -0.4 is 10.6 Å². The van der Waals surface area contributed by atoms with Crippen molar-refractivity contribution in [3.05, 3.63) is 46.0 Å². The monoisotopic (exact) mass is 398 g/mol. The van der Waals surface area contributed by atoms with Crippen molar-refractivity contribution in [3.63, 3.8) is 0 Å². The largest absolute Gasteiger partial charge is 0.329 e. The van der Waals surface area contributed by atoms with Crippen molar-refractivity contribution in [2.24, 2.45) is 5.92 Å². The molecule has 4 amide bonds. The Kier molecular flexibility index (Phi) is 5.13. The quantitative estimate of drug-likeness (QED) is 0.758. The third-order valence-electron chi connectivity index (χ3n) is 5.37. The molecule has 8 heteroatoms. The predicted octanol–water partition coefficient (Wildman–Crippen LogP) is 2.96. The van der Waals surface area contributed by atoms with E-state index in [0.29, 0.717) is 22.2 Å². The minimum absolute atomic E-state index is 0.00335. The van der Waals surface area contributed by atoms with Crippen molar-refractivity contribution in [2.45, 2.75) is 39.2 Å². The number of imide groups is 1. The van der Waals surface area contributed by atoms with Gasteiger partial charge in [-0.15, -0.1) is 11.3 Å². The molecular weight excluding hydrogens is 376 g/mol. The van der Waals surface area contributed by atoms with Gasteiger partial charge in [-0.2, -0.15) is 0 Å². The zero-order valence-corrected chi connectivity index (χ0v) is 16.5. The molecule has 0 unspecified atom stereocenters. The Morgan fingerprint density at radius 2 is 2.18 bits per heavy atom. The van der Waals surface area contributed by atoms with Gasteiger partial charge in [-0.25, -0.2) is 9.78 Å². The van der Waals surface area contributed by atoms with Crippen molar-refractivity contribution in [1.29, 1.82) is 0 Å². The summed E-state index contributed by atoms with van der Waals surface area (Å²) in [7, 11) is 0. The number of thiazole rings is 1. The summed E-state index contributed by atoms with van der Waals surface area (Å²) in [6, 6.07) is 6.58. The molecule has 1 aromatic heterocycles. The summed E-state index contributed by atoms with van der Waals surface area (Å²) in [6.45, 7) is 2.28. The lowest BCUT2D eigenvalue weighted by Crippen LogP contribution is -2.31. The fraction of sp³-hybridized carbons (Fsp3) is 0.400. The third kappa shape index (κ3) is 3.64. The number of nitrogens with zero attached hydrogens (tertiary/aromatic N) is 2. The summed E-state index contributed by atoms with van der Waals surface area (Å²) in [5.74, 6) is 0.125. The number of aryl methyl sites for hydroxylation is 1. The number of hydrogen-bond acceptors (Lipinski definition) is 5. The van der Waals surface area contributed by atoms with Gasteiger partial charge in [-0.05, 0) is 36.8 Å². The highest BCUT2D eigenvalue weighted by molar-refractivity contribution is 7.15. The molecule has 2 heterocycles. The zero-order valence-electron chi connectivity index (χ0n) is 15.7. The predicted molar refractivity (Wildman–Crippen MR) is 106 cm³/mol. The first kappa shape index (κ1) is 18.6. The Balaban J connectivity index is 1.51. The fourth-order valence-electron chi connectivity index (χ4n) is 3.67. The molecule has 0 radical (unpaired) electrons. The van der Waals surface area contributed by atoms with Crippen molar-refractivity contribution in [2.75, 3.05) is 11.9 Å². The lowest BCUT2D eigenvalue weighted by Gasteiger charge is -2.18. The first-order valence-electron chi connectivity index (χ1n) is 9.51. The topological polar surface area (TPSA) is 91.4 Å². The van der Waals surface area contributed by atoms with Gasteiger partial charge in [0.1, 0.15) is 0 Å². The van der Waals surface area contributed by atoms with E-state index in [0.717, 1.165) is 36.3 Å². The molecular formula is C20H22N4O3S. The van der Waals surface area contributed by atoms with Gasteiger partial charge in [0.2, 0.25) is 5.91 Å². The van der Waals surface area contributed by atoms with Crippen LogP contribution in [0.5, 0.6) is 0 Å². The molecule has 28 heavy (non-hydrogen) atoms. The van der Waals surface area contributed by atoms with Gasteiger partial charge in [0.15, 0.2) is 5.13 Å². The van der Waals surface area contributed by atoms with E-state index in [4.69, 9.17) is 0 Å². The number of amides is 4. The van der Waals surface area contributed by atoms with E-state index in [1.165, 1.54) is 4.88 Å². The van der Waals surface area contributed by atoms with E-state index in [1.807, 2.05) is 0 Å². The average molecular weight is 398 g/mol. The Bertz CT molecular complexity index is 923.